The van der Waals surface area contributed by atoms with Crippen LogP contribution in [0.1, 0.15) is 21.1 Å². The minimum absolute atomic E-state index is 0.233. The second-order valence-electron chi connectivity index (χ2n) is 3.43. The van der Waals surface area contributed by atoms with Crippen LogP contribution in [0.25, 0.3) is 0 Å². The molecular weight excluding hydrogens is 240 g/mol. The maximum Gasteiger partial charge on any atom is 0.346 e. The molecule has 0 amide bonds. The van der Waals surface area contributed by atoms with Gasteiger partial charge >= 0.3 is 5.97 Å². The molecule has 2 rings (SSSR count). The smallest absolute Gasteiger partial charge is 0.346 e. The van der Waals surface area contributed by atoms with Gasteiger partial charge in [0.1, 0.15) is 10.6 Å². The van der Waals surface area contributed by atoms with Gasteiger partial charge in [0.15, 0.2) is 0 Å². The summed E-state index contributed by atoms with van der Waals surface area (Å²) >= 11 is 1.11. The monoisotopic (exact) mass is 250 g/mol. The Morgan fingerprint density at radius 1 is 1.41 bits per heavy atom. The molecule has 88 valence electrons. The van der Waals surface area contributed by atoms with Gasteiger partial charge in [0.2, 0.25) is 5.88 Å². The number of carboxylic acids is 1. The van der Waals surface area contributed by atoms with Crippen LogP contribution in [0.5, 0.6) is 11.6 Å². The molecule has 6 heteroatoms. The zero-order chi connectivity index (χ0) is 12.4. The van der Waals surface area contributed by atoms with Gasteiger partial charge in [-0.05, 0) is 13.8 Å². The summed E-state index contributed by atoms with van der Waals surface area (Å²) in [4.78, 5) is 19.2. The molecule has 1 N–H and O–H groups in total. The molecule has 0 radical (unpaired) electrons. The average molecular weight is 250 g/mol. The maximum atomic E-state index is 10.7. The molecule has 0 saturated carbocycles. The Labute approximate surface area is 102 Å². The second kappa shape index (κ2) is 4.50. The topological polar surface area (TPSA) is 72.3 Å². The van der Waals surface area contributed by atoms with Crippen molar-refractivity contribution in [3.05, 3.63) is 33.9 Å². The van der Waals surface area contributed by atoms with Gasteiger partial charge in [-0.2, -0.15) is 0 Å². The van der Waals surface area contributed by atoms with E-state index in [4.69, 9.17) is 9.84 Å². The van der Waals surface area contributed by atoms with E-state index < -0.39 is 5.97 Å². The summed E-state index contributed by atoms with van der Waals surface area (Å²) in [6.45, 7) is 3.70. The molecule has 0 fully saturated rings. The number of ether oxygens (including phenoxy) is 1. The van der Waals surface area contributed by atoms with E-state index in [1.165, 1.54) is 12.3 Å². The highest BCUT2D eigenvalue weighted by Gasteiger charge is 2.09. The van der Waals surface area contributed by atoms with Crippen molar-refractivity contribution < 1.29 is 14.6 Å². The van der Waals surface area contributed by atoms with E-state index in [0.717, 1.165) is 22.7 Å². The van der Waals surface area contributed by atoms with Crippen LogP contribution < -0.4 is 4.74 Å². The lowest BCUT2D eigenvalue weighted by molar-refractivity contribution is 0.0702. The highest BCUT2D eigenvalue weighted by atomic mass is 32.1. The van der Waals surface area contributed by atoms with Gasteiger partial charge in [-0.1, -0.05) is 0 Å². The molecule has 2 heterocycles. The first-order valence-corrected chi connectivity index (χ1v) is 5.74. The van der Waals surface area contributed by atoms with Crippen LogP contribution >= 0.6 is 11.3 Å². The molecule has 0 unspecified atom stereocenters. The predicted octanol–water partition coefficient (Wildman–Crippen LogP) is 2.65. The van der Waals surface area contributed by atoms with Crippen molar-refractivity contribution in [2.45, 2.75) is 13.8 Å². The zero-order valence-electron chi connectivity index (χ0n) is 9.30. The summed E-state index contributed by atoms with van der Waals surface area (Å²) in [6.07, 6.45) is 1.51. The zero-order valence-corrected chi connectivity index (χ0v) is 10.1. The van der Waals surface area contributed by atoms with Gasteiger partial charge in [-0.25, -0.2) is 9.78 Å². The average Bonchev–Trinajstić information content (AvgIpc) is 2.72. The van der Waals surface area contributed by atoms with Crippen molar-refractivity contribution in [2.24, 2.45) is 0 Å². The third kappa shape index (κ3) is 2.59. The molecule has 0 aliphatic carbocycles. The van der Waals surface area contributed by atoms with E-state index in [1.807, 2.05) is 13.8 Å². The third-order valence-electron chi connectivity index (χ3n) is 2.18. The number of nitrogens with zero attached hydrogens (tertiary/aromatic N) is 2. The van der Waals surface area contributed by atoms with Gasteiger partial charge in [0.25, 0.3) is 0 Å². The first-order chi connectivity index (χ1) is 8.06. The van der Waals surface area contributed by atoms with E-state index in [-0.39, 0.29) is 4.88 Å². The number of aromatic carboxylic acids is 1. The molecule has 0 bridgehead atoms. The first kappa shape index (κ1) is 11.5. The number of hydrogen-bond acceptors (Lipinski definition) is 5. The third-order valence-corrected chi connectivity index (χ3v) is 3.08. The summed E-state index contributed by atoms with van der Waals surface area (Å²) in [5.41, 5.74) is 1.63. The fourth-order valence-electron chi connectivity index (χ4n) is 1.17. The van der Waals surface area contributed by atoms with E-state index in [2.05, 4.69) is 9.97 Å². The Bertz CT molecular complexity index is 566. The molecule has 0 atom stereocenters. The normalized spacial score (nSPS) is 10.2. The largest absolute Gasteiger partial charge is 0.477 e. The fraction of sp³-hybridized carbons (Fsp3) is 0.182. The van der Waals surface area contributed by atoms with Crippen LogP contribution in [0, 0.1) is 13.8 Å². The number of rotatable bonds is 3. The number of carbonyl (C=O) groups is 1. The van der Waals surface area contributed by atoms with Gasteiger partial charge in [-0.3, -0.25) is 4.98 Å². The van der Waals surface area contributed by atoms with Crippen LogP contribution in [0.3, 0.4) is 0 Å². The molecule has 0 aliphatic rings. The summed E-state index contributed by atoms with van der Waals surface area (Å²) < 4.78 is 5.42. The van der Waals surface area contributed by atoms with Crippen molar-refractivity contribution >= 4 is 17.3 Å². The summed E-state index contributed by atoms with van der Waals surface area (Å²) in [5, 5.41) is 10.4. The molecule has 17 heavy (non-hydrogen) atoms. The van der Waals surface area contributed by atoms with Gasteiger partial charge in [0, 0.05) is 11.4 Å². The molecule has 2 aromatic heterocycles. The molecule has 0 aromatic carbocycles. The lowest BCUT2D eigenvalue weighted by Crippen LogP contribution is -1.94. The molecule has 0 aliphatic heterocycles. The van der Waals surface area contributed by atoms with Crippen LogP contribution in [0.2, 0.25) is 0 Å². The number of aromatic nitrogens is 2. The van der Waals surface area contributed by atoms with Gasteiger partial charge in [-0.15, -0.1) is 11.3 Å². The molecule has 0 spiro atoms. The van der Waals surface area contributed by atoms with E-state index in [9.17, 15) is 4.79 Å². The number of aryl methyl sites for hydroxylation is 2. The van der Waals surface area contributed by atoms with E-state index in [0.29, 0.717) is 11.6 Å². The van der Waals surface area contributed by atoms with E-state index >= 15 is 0 Å². The Morgan fingerprint density at radius 3 is 2.76 bits per heavy atom. The lowest BCUT2D eigenvalue weighted by atomic mass is 10.3. The number of thiophene rings is 1. The lowest BCUT2D eigenvalue weighted by Gasteiger charge is -2.03. The van der Waals surface area contributed by atoms with Crippen molar-refractivity contribution in [1.82, 2.24) is 9.97 Å². The van der Waals surface area contributed by atoms with Crippen LogP contribution in [0.4, 0.5) is 0 Å². The van der Waals surface area contributed by atoms with Crippen LogP contribution in [-0.4, -0.2) is 21.0 Å². The van der Waals surface area contributed by atoms with Crippen molar-refractivity contribution in [3.8, 4) is 11.6 Å². The quantitative estimate of drug-likeness (QED) is 0.906. The van der Waals surface area contributed by atoms with E-state index in [1.54, 1.807) is 5.38 Å². The minimum Gasteiger partial charge on any atom is -0.477 e. The SMILES string of the molecule is Cc1ncc(Oc2csc(C(=O)O)c2)nc1C. The fourth-order valence-corrected chi connectivity index (χ4v) is 1.82. The Morgan fingerprint density at radius 2 is 2.18 bits per heavy atom. The first-order valence-electron chi connectivity index (χ1n) is 4.86. The summed E-state index contributed by atoms with van der Waals surface area (Å²) in [7, 11) is 0. The second-order valence-corrected chi connectivity index (χ2v) is 4.34. The Hall–Kier alpha value is -1.95. The van der Waals surface area contributed by atoms with Crippen molar-refractivity contribution in [2.75, 3.05) is 0 Å². The van der Waals surface area contributed by atoms with Gasteiger partial charge < -0.3 is 9.84 Å². The number of carboxylic acid groups (broad SMARTS) is 1. The highest BCUT2D eigenvalue weighted by molar-refractivity contribution is 7.12. The molecule has 0 saturated heterocycles. The number of hydrogen-bond donors (Lipinski definition) is 1. The summed E-state index contributed by atoms with van der Waals surface area (Å²) in [5.74, 6) is -0.135. The highest BCUT2D eigenvalue weighted by Crippen LogP contribution is 2.25. The molecule has 5 nitrogen and oxygen atoms in total. The van der Waals surface area contributed by atoms with Crippen LogP contribution in [0.15, 0.2) is 17.6 Å². The van der Waals surface area contributed by atoms with Gasteiger partial charge in [0.05, 0.1) is 17.6 Å². The Balaban J connectivity index is 2.19. The summed E-state index contributed by atoms with van der Waals surface area (Å²) in [6, 6.07) is 1.46. The van der Waals surface area contributed by atoms with Crippen LogP contribution in [-0.2, 0) is 0 Å². The van der Waals surface area contributed by atoms with Crippen molar-refractivity contribution in [3.63, 3.8) is 0 Å². The predicted molar refractivity (Wildman–Crippen MR) is 62.9 cm³/mol. The van der Waals surface area contributed by atoms with Crippen molar-refractivity contribution in [1.29, 1.82) is 0 Å². The standard InChI is InChI=1S/C11H10N2O3S/c1-6-7(2)13-10(4-12-6)16-8-3-9(11(14)15)17-5-8/h3-5H,1-2H3,(H,14,15). The minimum atomic E-state index is -0.962. The Kier molecular flexibility index (Phi) is 3.06. The molecule has 2 aromatic rings. The maximum absolute atomic E-state index is 10.7. The molecular formula is C11H10N2O3S.